The predicted octanol–water partition coefficient (Wildman–Crippen LogP) is 3.12. The van der Waals surface area contributed by atoms with Crippen molar-refractivity contribution in [1.82, 2.24) is 20.5 Å². The van der Waals surface area contributed by atoms with Crippen LogP contribution in [0.1, 0.15) is 55.7 Å². The first kappa shape index (κ1) is 18.0. The van der Waals surface area contributed by atoms with Crippen molar-refractivity contribution in [1.29, 1.82) is 0 Å². The van der Waals surface area contributed by atoms with Crippen LogP contribution in [0.4, 0.5) is 14.7 Å². The Kier molecular flexibility index (Phi) is 6.12. The number of hydrogen-bond acceptors (Lipinski definition) is 4. The van der Waals surface area contributed by atoms with Crippen molar-refractivity contribution in [2.75, 3.05) is 25.5 Å². The van der Waals surface area contributed by atoms with Crippen molar-refractivity contribution in [3.05, 3.63) is 11.1 Å². The van der Waals surface area contributed by atoms with E-state index in [1.165, 1.54) is 37.0 Å². The monoisotopic (exact) mass is 365 g/mol. The van der Waals surface area contributed by atoms with E-state index in [2.05, 4.69) is 20.9 Å². The van der Waals surface area contributed by atoms with Crippen molar-refractivity contribution >= 4 is 28.5 Å². The number of hydrogen-bond donors (Lipinski definition) is 3. The highest BCUT2D eigenvalue weighted by Gasteiger charge is 2.25. The third kappa shape index (κ3) is 4.84. The van der Waals surface area contributed by atoms with E-state index in [-0.39, 0.29) is 18.1 Å². The summed E-state index contributed by atoms with van der Waals surface area (Å²) in [4.78, 5) is 31.2. The molecule has 1 aromatic rings. The van der Waals surface area contributed by atoms with E-state index in [1.54, 1.807) is 23.3 Å². The van der Waals surface area contributed by atoms with Crippen LogP contribution in [0.5, 0.6) is 0 Å². The lowest BCUT2D eigenvalue weighted by Gasteiger charge is -2.32. The Bertz CT molecular complexity index is 592. The second kappa shape index (κ2) is 8.51. The summed E-state index contributed by atoms with van der Waals surface area (Å²) in [6.07, 6.45) is 9.87. The number of urea groups is 2. The summed E-state index contributed by atoms with van der Waals surface area (Å²) in [5.74, 6) is 0.614. The molecule has 0 bridgehead atoms. The lowest BCUT2D eigenvalue weighted by Crippen LogP contribution is -2.49. The van der Waals surface area contributed by atoms with Gasteiger partial charge in [-0.2, -0.15) is 0 Å². The molecular weight excluding hydrogens is 338 g/mol. The Morgan fingerprint density at radius 1 is 1.16 bits per heavy atom. The minimum atomic E-state index is -0.166. The summed E-state index contributed by atoms with van der Waals surface area (Å²) in [6, 6.07) is -0.134. The number of carbonyl (C=O) groups excluding carboxylic acids is 2. The highest BCUT2D eigenvalue weighted by Crippen LogP contribution is 2.36. The number of piperidine rings is 1. The molecule has 0 atom stereocenters. The van der Waals surface area contributed by atoms with Crippen LogP contribution in [0.2, 0.25) is 0 Å². The fraction of sp³-hybridized carbons (Fsp3) is 0.706. The lowest BCUT2D eigenvalue weighted by atomic mass is 9.89. The summed E-state index contributed by atoms with van der Waals surface area (Å²) in [5, 5.41) is 9.08. The molecule has 0 aromatic carbocycles. The summed E-state index contributed by atoms with van der Waals surface area (Å²) < 4.78 is 0. The molecule has 0 spiro atoms. The molecule has 1 saturated heterocycles. The lowest BCUT2D eigenvalue weighted by molar-refractivity contribution is 0.188. The van der Waals surface area contributed by atoms with Gasteiger partial charge in [0.15, 0.2) is 5.13 Å². The first-order valence-corrected chi connectivity index (χ1v) is 9.97. The predicted molar refractivity (Wildman–Crippen MR) is 99.1 cm³/mol. The number of thiazole rings is 1. The van der Waals surface area contributed by atoms with Crippen LogP contribution >= 0.6 is 11.3 Å². The van der Waals surface area contributed by atoms with E-state index in [4.69, 9.17) is 0 Å². The summed E-state index contributed by atoms with van der Waals surface area (Å²) in [5.41, 5.74) is 0. The molecule has 1 saturated carbocycles. The molecule has 0 unspecified atom stereocenters. The Balaban J connectivity index is 1.46. The smallest absolute Gasteiger partial charge is 0.323 e. The van der Waals surface area contributed by atoms with Crippen molar-refractivity contribution in [3.8, 4) is 0 Å². The zero-order valence-electron chi connectivity index (χ0n) is 14.7. The molecule has 3 rings (SSSR count). The van der Waals surface area contributed by atoms with Gasteiger partial charge in [0, 0.05) is 37.3 Å². The summed E-state index contributed by atoms with van der Waals surface area (Å²) in [7, 11) is 1.60. The van der Waals surface area contributed by atoms with E-state index in [1.807, 2.05) is 6.20 Å². The molecule has 7 nitrogen and oxygen atoms in total. The summed E-state index contributed by atoms with van der Waals surface area (Å²) in [6.45, 7) is 1.28. The molecule has 1 aliphatic carbocycles. The molecule has 4 amide bonds. The zero-order valence-corrected chi connectivity index (χ0v) is 15.5. The molecule has 2 heterocycles. The van der Waals surface area contributed by atoms with Gasteiger partial charge in [0.2, 0.25) is 0 Å². The molecule has 2 fully saturated rings. The van der Waals surface area contributed by atoms with Gasteiger partial charge in [-0.3, -0.25) is 5.32 Å². The van der Waals surface area contributed by atoms with Gasteiger partial charge in [-0.1, -0.05) is 19.3 Å². The normalized spacial score (nSPS) is 19.5. The van der Waals surface area contributed by atoms with E-state index in [0.29, 0.717) is 24.1 Å². The molecule has 8 heteroatoms. The molecule has 2 aliphatic rings. The van der Waals surface area contributed by atoms with Gasteiger partial charge in [-0.25, -0.2) is 14.6 Å². The quantitative estimate of drug-likeness (QED) is 0.769. The van der Waals surface area contributed by atoms with Gasteiger partial charge >= 0.3 is 12.1 Å². The van der Waals surface area contributed by atoms with Gasteiger partial charge in [0.1, 0.15) is 0 Å². The van der Waals surface area contributed by atoms with Crippen LogP contribution in [0, 0.1) is 0 Å². The van der Waals surface area contributed by atoms with Crippen LogP contribution in [-0.2, 0) is 0 Å². The van der Waals surface area contributed by atoms with Gasteiger partial charge in [0.05, 0.1) is 0 Å². The molecule has 1 aromatic heterocycles. The molecule has 138 valence electrons. The second-order valence-electron chi connectivity index (χ2n) is 6.82. The third-order valence-electron chi connectivity index (χ3n) is 5.09. The van der Waals surface area contributed by atoms with E-state index < -0.39 is 0 Å². The van der Waals surface area contributed by atoms with E-state index in [0.717, 1.165) is 12.8 Å². The van der Waals surface area contributed by atoms with Crippen molar-refractivity contribution in [2.45, 2.75) is 56.9 Å². The number of carbonyl (C=O) groups is 2. The van der Waals surface area contributed by atoms with Crippen LogP contribution in [0.3, 0.4) is 0 Å². The number of rotatable bonds is 3. The van der Waals surface area contributed by atoms with E-state index >= 15 is 0 Å². The fourth-order valence-corrected chi connectivity index (χ4v) is 4.55. The van der Waals surface area contributed by atoms with Gasteiger partial charge in [0.25, 0.3) is 0 Å². The highest BCUT2D eigenvalue weighted by molar-refractivity contribution is 7.15. The Morgan fingerprint density at radius 3 is 2.56 bits per heavy atom. The van der Waals surface area contributed by atoms with Crippen molar-refractivity contribution < 1.29 is 9.59 Å². The number of likely N-dealkylation sites (tertiary alicyclic amines) is 1. The number of anilines is 1. The molecule has 1 aliphatic heterocycles. The maximum absolute atomic E-state index is 12.4. The standard InChI is InChI=1S/C17H27N5O2S/c1-18-15(23)20-13-7-9-22(10-8-13)17(24)21-16-19-11-14(25-16)12-5-3-2-4-6-12/h11-13H,2-10H2,1H3,(H2,18,20,23)(H,19,21,24). The first-order valence-electron chi connectivity index (χ1n) is 9.15. The van der Waals surface area contributed by atoms with E-state index in [9.17, 15) is 9.59 Å². The Labute approximate surface area is 152 Å². The number of nitrogens with zero attached hydrogens (tertiary/aromatic N) is 2. The molecule has 0 radical (unpaired) electrons. The molecule has 3 N–H and O–H groups in total. The van der Waals surface area contributed by atoms with Gasteiger partial charge < -0.3 is 15.5 Å². The number of nitrogens with one attached hydrogen (secondary N) is 3. The van der Waals surface area contributed by atoms with Gasteiger partial charge in [-0.05, 0) is 31.6 Å². The average Bonchev–Trinajstić information content (AvgIpc) is 3.11. The SMILES string of the molecule is CNC(=O)NC1CCN(C(=O)Nc2ncc(C3CCCCC3)s2)CC1. The highest BCUT2D eigenvalue weighted by atomic mass is 32.1. The minimum Gasteiger partial charge on any atom is -0.341 e. The largest absolute Gasteiger partial charge is 0.341 e. The van der Waals surface area contributed by atoms with Crippen LogP contribution in [0.25, 0.3) is 0 Å². The Morgan fingerprint density at radius 2 is 1.88 bits per heavy atom. The Hall–Kier alpha value is -1.83. The minimum absolute atomic E-state index is 0.0945. The zero-order chi connectivity index (χ0) is 17.6. The molecule has 25 heavy (non-hydrogen) atoms. The number of aromatic nitrogens is 1. The fourth-order valence-electron chi connectivity index (χ4n) is 3.58. The topological polar surface area (TPSA) is 86.4 Å². The van der Waals surface area contributed by atoms with Crippen LogP contribution in [0.15, 0.2) is 6.20 Å². The molecular formula is C17H27N5O2S. The van der Waals surface area contributed by atoms with Crippen molar-refractivity contribution in [3.63, 3.8) is 0 Å². The maximum atomic E-state index is 12.4. The van der Waals surface area contributed by atoms with Crippen molar-refractivity contribution in [2.24, 2.45) is 0 Å². The third-order valence-corrected chi connectivity index (χ3v) is 6.16. The maximum Gasteiger partial charge on any atom is 0.323 e. The van der Waals surface area contributed by atoms with Gasteiger partial charge in [-0.15, -0.1) is 11.3 Å². The number of amides is 4. The first-order chi connectivity index (χ1) is 12.2. The van der Waals surface area contributed by atoms with Crippen LogP contribution < -0.4 is 16.0 Å². The average molecular weight is 366 g/mol. The second-order valence-corrected chi connectivity index (χ2v) is 7.88. The summed E-state index contributed by atoms with van der Waals surface area (Å²) >= 11 is 1.61. The van der Waals surface area contributed by atoms with Crippen LogP contribution in [-0.4, -0.2) is 48.1 Å².